The van der Waals surface area contributed by atoms with Crippen molar-refractivity contribution in [2.24, 2.45) is 0 Å². The van der Waals surface area contributed by atoms with Crippen molar-refractivity contribution in [3.05, 3.63) is 42.5 Å². The van der Waals surface area contributed by atoms with E-state index >= 15 is 0 Å². The van der Waals surface area contributed by atoms with E-state index in [2.05, 4.69) is 0 Å². The summed E-state index contributed by atoms with van der Waals surface area (Å²) in [6.45, 7) is -0.486. The lowest BCUT2D eigenvalue weighted by Crippen LogP contribution is -2.60. The second-order valence-electron chi connectivity index (χ2n) is 5.29. The molecule has 0 radical (unpaired) electrons. The van der Waals surface area contributed by atoms with Gasteiger partial charge in [-0.05, 0) is 11.5 Å². The summed E-state index contributed by atoms with van der Waals surface area (Å²) in [5.74, 6) is 0.488. The molecule has 0 bridgehead atoms. The third-order valence-corrected chi connectivity index (χ3v) is 3.84. The van der Waals surface area contributed by atoms with E-state index in [9.17, 15) is 20.4 Å². The molecule has 4 N–H and O–H groups in total. The van der Waals surface area contributed by atoms with Gasteiger partial charge in [-0.15, -0.1) is 0 Å². The summed E-state index contributed by atoms with van der Waals surface area (Å²) in [4.78, 5) is 0. The highest BCUT2D eigenvalue weighted by molar-refractivity contribution is 5.88. The Bertz CT molecular complexity index is 638. The zero-order valence-corrected chi connectivity index (χ0v) is 11.7. The molecule has 6 heteroatoms. The fraction of sp³-hybridized carbons (Fsp3) is 0.375. The highest BCUT2D eigenvalue weighted by atomic mass is 16.7. The van der Waals surface area contributed by atoms with Gasteiger partial charge < -0.3 is 29.9 Å². The molecule has 1 aliphatic rings. The van der Waals surface area contributed by atoms with E-state index in [1.807, 2.05) is 36.4 Å². The third-order valence-electron chi connectivity index (χ3n) is 3.84. The Balaban J connectivity index is 1.87. The molecule has 0 aromatic heterocycles. The Morgan fingerprint density at radius 3 is 2.41 bits per heavy atom. The van der Waals surface area contributed by atoms with Gasteiger partial charge in [0, 0.05) is 5.39 Å². The van der Waals surface area contributed by atoms with Crippen molar-refractivity contribution < 1.29 is 29.9 Å². The second-order valence-corrected chi connectivity index (χ2v) is 5.29. The minimum absolute atomic E-state index is 0.486. The van der Waals surface area contributed by atoms with E-state index in [4.69, 9.17) is 9.47 Å². The molecule has 2 aromatic carbocycles. The number of aliphatic hydroxyl groups excluding tert-OH is 4. The molecule has 1 fully saturated rings. The second kappa shape index (κ2) is 6.20. The Hall–Kier alpha value is -1.70. The third kappa shape index (κ3) is 2.67. The number of rotatable bonds is 3. The van der Waals surface area contributed by atoms with E-state index in [0.717, 1.165) is 10.8 Å². The molecule has 5 atom stereocenters. The van der Waals surface area contributed by atoms with E-state index in [-0.39, 0.29) is 0 Å². The van der Waals surface area contributed by atoms with Gasteiger partial charge in [-0.25, -0.2) is 0 Å². The lowest BCUT2D eigenvalue weighted by Gasteiger charge is -2.39. The van der Waals surface area contributed by atoms with Crippen LogP contribution in [0.3, 0.4) is 0 Å². The van der Waals surface area contributed by atoms with Crippen molar-refractivity contribution in [1.29, 1.82) is 0 Å². The van der Waals surface area contributed by atoms with Crippen LogP contribution in [-0.4, -0.2) is 57.7 Å². The quantitative estimate of drug-likeness (QED) is 0.638. The van der Waals surface area contributed by atoms with Crippen LogP contribution < -0.4 is 4.74 Å². The minimum atomic E-state index is -1.45. The first-order valence-corrected chi connectivity index (χ1v) is 7.07. The first-order valence-electron chi connectivity index (χ1n) is 7.07. The normalized spacial score (nSPS) is 32.1. The first kappa shape index (κ1) is 15.2. The van der Waals surface area contributed by atoms with E-state index in [1.165, 1.54) is 0 Å². The molecular formula is C16H18O6. The summed E-state index contributed by atoms with van der Waals surface area (Å²) in [5, 5.41) is 40.5. The molecule has 1 saturated heterocycles. The van der Waals surface area contributed by atoms with E-state index < -0.39 is 37.3 Å². The number of hydrogen-bond acceptors (Lipinski definition) is 6. The molecule has 118 valence electrons. The van der Waals surface area contributed by atoms with Gasteiger partial charge in [0.25, 0.3) is 0 Å². The van der Waals surface area contributed by atoms with Crippen LogP contribution in [-0.2, 0) is 4.74 Å². The van der Waals surface area contributed by atoms with E-state index in [0.29, 0.717) is 5.75 Å². The first-order chi connectivity index (χ1) is 10.6. The zero-order chi connectivity index (χ0) is 15.7. The number of ether oxygens (including phenoxy) is 2. The molecule has 0 aliphatic carbocycles. The molecule has 1 heterocycles. The van der Waals surface area contributed by atoms with Gasteiger partial charge in [0.15, 0.2) is 0 Å². The maximum Gasteiger partial charge on any atom is 0.229 e. The summed E-state index contributed by atoms with van der Waals surface area (Å²) in [6, 6.07) is 13.0. The summed E-state index contributed by atoms with van der Waals surface area (Å²) < 4.78 is 11.0. The van der Waals surface area contributed by atoms with Gasteiger partial charge >= 0.3 is 0 Å². The molecule has 2 aromatic rings. The highest BCUT2D eigenvalue weighted by Gasteiger charge is 2.44. The van der Waals surface area contributed by atoms with Crippen molar-refractivity contribution in [1.82, 2.24) is 0 Å². The summed E-state index contributed by atoms with van der Waals surface area (Å²) in [7, 11) is 0. The maximum atomic E-state index is 10.0. The van der Waals surface area contributed by atoms with Crippen LogP contribution >= 0.6 is 0 Å². The Labute approximate surface area is 127 Å². The van der Waals surface area contributed by atoms with Crippen LogP contribution in [0.1, 0.15) is 0 Å². The average molecular weight is 306 g/mol. The molecular weight excluding hydrogens is 288 g/mol. The lowest BCUT2D eigenvalue weighted by atomic mass is 9.99. The largest absolute Gasteiger partial charge is 0.461 e. The topological polar surface area (TPSA) is 99.4 Å². The van der Waals surface area contributed by atoms with Crippen LogP contribution in [0.15, 0.2) is 42.5 Å². The fourth-order valence-corrected chi connectivity index (χ4v) is 2.59. The predicted molar refractivity (Wildman–Crippen MR) is 78.3 cm³/mol. The molecule has 1 aliphatic heterocycles. The average Bonchev–Trinajstić information content (AvgIpc) is 2.55. The fourth-order valence-electron chi connectivity index (χ4n) is 2.59. The Kier molecular flexibility index (Phi) is 4.28. The van der Waals surface area contributed by atoms with Crippen molar-refractivity contribution in [3.8, 4) is 5.75 Å². The molecule has 0 amide bonds. The van der Waals surface area contributed by atoms with Crippen molar-refractivity contribution >= 4 is 10.8 Å². The smallest absolute Gasteiger partial charge is 0.229 e. The molecule has 0 saturated carbocycles. The summed E-state index contributed by atoms with van der Waals surface area (Å²) in [5.41, 5.74) is 0. The number of hydrogen-bond donors (Lipinski definition) is 4. The van der Waals surface area contributed by atoms with Crippen molar-refractivity contribution in [2.75, 3.05) is 6.61 Å². The Morgan fingerprint density at radius 2 is 1.64 bits per heavy atom. The summed E-state index contributed by atoms with van der Waals surface area (Å²) >= 11 is 0. The van der Waals surface area contributed by atoms with Gasteiger partial charge in [-0.1, -0.05) is 36.4 Å². The van der Waals surface area contributed by atoms with Crippen LogP contribution in [0.4, 0.5) is 0 Å². The predicted octanol–water partition coefficient (Wildman–Crippen LogP) is 0.0185. The van der Waals surface area contributed by atoms with Gasteiger partial charge in [-0.2, -0.15) is 0 Å². The molecule has 6 nitrogen and oxygen atoms in total. The summed E-state index contributed by atoms with van der Waals surface area (Å²) in [6.07, 6.45) is -6.44. The molecule has 2 unspecified atom stereocenters. The monoisotopic (exact) mass is 306 g/mol. The van der Waals surface area contributed by atoms with Crippen molar-refractivity contribution in [2.45, 2.75) is 30.7 Å². The number of aliphatic hydroxyl groups is 4. The van der Waals surface area contributed by atoms with Crippen molar-refractivity contribution in [3.63, 3.8) is 0 Å². The zero-order valence-electron chi connectivity index (χ0n) is 11.7. The number of benzene rings is 2. The standard InChI is InChI=1S/C16H18O6/c17-8-12-13(18)14(19)15(20)16(22-12)21-11-7-3-5-9-4-1-2-6-10(9)11/h1-7,12-20H,8H2/t12-,13?,14+,15?,16-/m0/s1. The minimum Gasteiger partial charge on any atom is -0.461 e. The van der Waals surface area contributed by atoms with Crippen LogP contribution in [0.25, 0.3) is 10.8 Å². The molecule has 3 rings (SSSR count). The van der Waals surface area contributed by atoms with Crippen LogP contribution in [0.2, 0.25) is 0 Å². The van der Waals surface area contributed by atoms with Gasteiger partial charge in [0.1, 0.15) is 30.2 Å². The Morgan fingerprint density at radius 1 is 0.909 bits per heavy atom. The van der Waals surface area contributed by atoms with Gasteiger partial charge in [-0.3, -0.25) is 0 Å². The number of fused-ring (bicyclic) bond motifs is 1. The maximum absolute atomic E-state index is 10.0. The molecule has 0 spiro atoms. The van der Waals surface area contributed by atoms with Crippen LogP contribution in [0.5, 0.6) is 5.75 Å². The SMILES string of the molecule is OC[C@@H]1O[C@H](Oc2cccc3ccccc23)C(O)[C@H](O)C1O. The van der Waals surface area contributed by atoms with Gasteiger partial charge in [0.2, 0.25) is 6.29 Å². The van der Waals surface area contributed by atoms with Gasteiger partial charge in [0.05, 0.1) is 6.61 Å². The molecule has 22 heavy (non-hydrogen) atoms. The highest BCUT2D eigenvalue weighted by Crippen LogP contribution is 2.29. The van der Waals surface area contributed by atoms with Crippen LogP contribution in [0, 0.1) is 0 Å². The van der Waals surface area contributed by atoms with E-state index in [1.54, 1.807) is 6.07 Å². The lowest BCUT2D eigenvalue weighted by molar-refractivity contribution is -0.277.